The number of sulfonamides is 1. The normalized spacial score (nSPS) is 12.8. The van der Waals surface area contributed by atoms with E-state index in [-0.39, 0.29) is 4.90 Å². The fourth-order valence-corrected chi connectivity index (χ4v) is 3.66. The van der Waals surface area contributed by atoms with E-state index in [1.807, 2.05) is 0 Å². The van der Waals surface area contributed by atoms with Crippen LogP contribution in [0.25, 0.3) is 0 Å². The number of carboxylic acids is 1. The number of carbonyl (C=O) groups is 1. The standard InChI is InChI=1S/C16H17NO4S/c1-12-7-5-6-10-15(12)22(20,21)17-14(11-16(18)19)13-8-3-2-4-9-13/h2-10,14,17H,11H2,1H3,(H,18,19)/p-1/t14-/m0/s1. The summed E-state index contributed by atoms with van der Waals surface area (Å²) in [5.74, 6) is -1.32. The maximum Gasteiger partial charge on any atom is 0.241 e. The largest absolute Gasteiger partial charge is 0.550 e. The highest BCUT2D eigenvalue weighted by Gasteiger charge is 2.22. The van der Waals surface area contributed by atoms with Gasteiger partial charge in [0.15, 0.2) is 0 Å². The van der Waals surface area contributed by atoms with Crippen molar-refractivity contribution in [3.8, 4) is 0 Å². The number of nitrogens with one attached hydrogen (secondary N) is 1. The molecule has 22 heavy (non-hydrogen) atoms. The molecule has 0 bridgehead atoms. The molecule has 5 nitrogen and oxygen atoms in total. The van der Waals surface area contributed by atoms with Crippen molar-refractivity contribution in [1.82, 2.24) is 4.72 Å². The zero-order valence-electron chi connectivity index (χ0n) is 12.0. The minimum absolute atomic E-state index is 0.134. The van der Waals surface area contributed by atoms with Gasteiger partial charge in [0.25, 0.3) is 0 Å². The third-order valence-corrected chi connectivity index (χ3v) is 4.89. The average Bonchev–Trinajstić information content (AvgIpc) is 2.47. The molecule has 0 fully saturated rings. The maximum absolute atomic E-state index is 12.5. The Morgan fingerprint density at radius 1 is 1.09 bits per heavy atom. The van der Waals surface area contributed by atoms with Gasteiger partial charge in [-0.25, -0.2) is 13.1 Å². The summed E-state index contributed by atoms with van der Waals surface area (Å²) in [6.45, 7) is 1.69. The van der Waals surface area contributed by atoms with E-state index in [4.69, 9.17) is 0 Å². The molecule has 0 aliphatic heterocycles. The second kappa shape index (κ2) is 6.72. The predicted octanol–water partition coefficient (Wildman–Crippen LogP) is 1.15. The fourth-order valence-electron chi connectivity index (χ4n) is 2.19. The van der Waals surface area contributed by atoms with Crippen LogP contribution in [0.2, 0.25) is 0 Å². The lowest BCUT2D eigenvalue weighted by Crippen LogP contribution is -2.34. The second-order valence-electron chi connectivity index (χ2n) is 4.93. The lowest BCUT2D eigenvalue weighted by molar-refractivity contribution is -0.306. The third-order valence-electron chi connectivity index (χ3n) is 3.25. The van der Waals surface area contributed by atoms with Crippen LogP contribution in [0.4, 0.5) is 0 Å². The van der Waals surface area contributed by atoms with E-state index in [0.717, 1.165) is 0 Å². The quantitative estimate of drug-likeness (QED) is 0.866. The van der Waals surface area contributed by atoms with Gasteiger partial charge in [0, 0.05) is 12.4 Å². The van der Waals surface area contributed by atoms with Gasteiger partial charge in [-0.05, 0) is 24.1 Å². The van der Waals surface area contributed by atoms with Gasteiger partial charge in [-0.2, -0.15) is 0 Å². The molecule has 2 aromatic carbocycles. The van der Waals surface area contributed by atoms with E-state index >= 15 is 0 Å². The average molecular weight is 318 g/mol. The van der Waals surface area contributed by atoms with E-state index in [1.54, 1.807) is 55.5 Å². The van der Waals surface area contributed by atoms with E-state index < -0.39 is 28.5 Å². The van der Waals surface area contributed by atoms with Crippen LogP contribution in [0.15, 0.2) is 59.5 Å². The van der Waals surface area contributed by atoms with Crippen LogP contribution >= 0.6 is 0 Å². The van der Waals surface area contributed by atoms with Crippen LogP contribution in [0.1, 0.15) is 23.6 Å². The first-order valence-electron chi connectivity index (χ1n) is 6.73. The Bertz CT molecular complexity index is 757. The SMILES string of the molecule is Cc1ccccc1S(=O)(=O)N[C@@H](CC(=O)[O-])c1ccccc1. The molecule has 0 saturated carbocycles. The van der Waals surface area contributed by atoms with Crippen molar-refractivity contribution in [3.05, 3.63) is 65.7 Å². The summed E-state index contributed by atoms with van der Waals surface area (Å²) >= 11 is 0. The smallest absolute Gasteiger partial charge is 0.241 e. The predicted molar refractivity (Wildman–Crippen MR) is 80.3 cm³/mol. The highest BCUT2D eigenvalue weighted by atomic mass is 32.2. The number of carboxylic acid groups (broad SMARTS) is 1. The van der Waals surface area contributed by atoms with Crippen LogP contribution in [0.5, 0.6) is 0 Å². The molecule has 0 aromatic heterocycles. The Balaban J connectivity index is 2.35. The van der Waals surface area contributed by atoms with Crippen molar-refractivity contribution in [3.63, 3.8) is 0 Å². The van der Waals surface area contributed by atoms with Gasteiger partial charge in [0.05, 0.1) is 10.9 Å². The van der Waals surface area contributed by atoms with Crippen molar-refractivity contribution < 1.29 is 18.3 Å². The van der Waals surface area contributed by atoms with Gasteiger partial charge in [0.2, 0.25) is 10.0 Å². The minimum Gasteiger partial charge on any atom is -0.550 e. The molecule has 0 aliphatic rings. The molecule has 116 valence electrons. The number of aryl methyl sites for hydroxylation is 1. The summed E-state index contributed by atoms with van der Waals surface area (Å²) in [7, 11) is -3.83. The first kappa shape index (κ1) is 16.2. The molecule has 0 amide bonds. The Labute approximate surface area is 129 Å². The zero-order valence-corrected chi connectivity index (χ0v) is 12.8. The van der Waals surface area contributed by atoms with Crippen LogP contribution in [0.3, 0.4) is 0 Å². The number of carbonyl (C=O) groups excluding carboxylic acids is 1. The van der Waals surface area contributed by atoms with Crippen molar-refractivity contribution in [2.75, 3.05) is 0 Å². The molecule has 1 N–H and O–H groups in total. The van der Waals surface area contributed by atoms with Crippen LogP contribution in [-0.4, -0.2) is 14.4 Å². The van der Waals surface area contributed by atoms with E-state index in [9.17, 15) is 18.3 Å². The Morgan fingerprint density at radius 3 is 2.27 bits per heavy atom. The van der Waals surface area contributed by atoms with Gasteiger partial charge < -0.3 is 9.90 Å². The molecule has 2 rings (SSSR count). The Kier molecular flexibility index (Phi) is 4.95. The van der Waals surface area contributed by atoms with E-state index in [0.29, 0.717) is 11.1 Å². The van der Waals surface area contributed by atoms with Gasteiger partial charge in [-0.1, -0.05) is 48.5 Å². The van der Waals surface area contributed by atoms with Gasteiger partial charge in [-0.15, -0.1) is 0 Å². The molecule has 0 spiro atoms. The van der Waals surface area contributed by atoms with Crippen LogP contribution < -0.4 is 9.83 Å². The summed E-state index contributed by atoms with van der Waals surface area (Å²) in [5, 5.41) is 10.9. The molecular formula is C16H16NO4S-. The molecule has 0 radical (unpaired) electrons. The van der Waals surface area contributed by atoms with Gasteiger partial charge >= 0.3 is 0 Å². The van der Waals surface area contributed by atoms with Crippen molar-refractivity contribution in [2.45, 2.75) is 24.3 Å². The summed E-state index contributed by atoms with van der Waals surface area (Å²) in [4.78, 5) is 11.1. The van der Waals surface area contributed by atoms with Crippen molar-refractivity contribution in [1.29, 1.82) is 0 Å². The molecular weight excluding hydrogens is 302 g/mol. The molecule has 0 heterocycles. The number of hydrogen-bond donors (Lipinski definition) is 1. The summed E-state index contributed by atoms with van der Waals surface area (Å²) < 4.78 is 27.4. The molecule has 2 aromatic rings. The first-order chi connectivity index (χ1) is 10.4. The second-order valence-corrected chi connectivity index (χ2v) is 6.61. The monoisotopic (exact) mass is 318 g/mol. The molecule has 0 unspecified atom stereocenters. The molecule has 0 aliphatic carbocycles. The number of benzene rings is 2. The molecule has 0 saturated heterocycles. The summed E-state index contributed by atoms with van der Waals surface area (Å²) in [6.07, 6.45) is -0.435. The number of hydrogen-bond acceptors (Lipinski definition) is 4. The fraction of sp³-hybridized carbons (Fsp3) is 0.188. The van der Waals surface area contributed by atoms with Crippen molar-refractivity contribution in [2.24, 2.45) is 0 Å². The van der Waals surface area contributed by atoms with Gasteiger partial charge in [0.1, 0.15) is 0 Å². The minimum atomic E-state index is -3.83. The third kappa shape index (κ3) is 3.93. The summed E-state index contributed by atoms with van der Waals surface area (Å²) in [6, 6.07) is 14.2. The van der Waals surface area contributed by atoms with E-state index in [2.05, 4.69) is 4.72 Å². The first-order valence-corrected chi connectivity index (χ1v) is 8.21. The van der Waals surface area contributed by atoms with E-state index in [1.165, 1.54) is 6.07 Å². The molecule has 1 atom stereocenters. The highest BCUT2D eigenvalue weighted by molar-refractivity contribution is 7.89. The Morgan fingerprint density at radius 2 is 1.68 bits per heavy atom. The molecule has 6 heteroatoms. The number of rotatable bonds is 6. The van der Waals surface area contributed by atoms with Gasteiger partial charge in [-0.3, -0.25) is 0 Å². The zero-order chi connectivity index (χ0) is 16.2. The van der Waals surface area contributed by atoms with Crippen molar-refractivity contribution >= 4 is 16.0 Å². The number of aliphatic carboxylic acids is 1. The van der Waals surface area contributed by atoms with Crippen LogP contribution in [0, 0.1) is 6.92 Å². The highest BCUT2D eigenvalue weighted by Crippen LogP contribution is 2.21. The topological polar surface area (TPSA) is 86.3 Å². The lowest BCUT2D eigenvalue weighted by atomic mass is 10.1. The summed E-state index contributed by atoms with van der Waals surface area (Å²) in [5.41, 5.74) is 1.17. The van der Waals surface area contributed by atoms with Crippen LogP contribution in [-0.2, 0) is 14.8 Å². The lowest BCUT2D eigenvalue weighted by Gasteiger charge is -2.20. The maximum atomic E-state index is 12.5. The Hall–Kier alpha value is -2.18.